The fourth-order valence-electron chi connectivity index (χ4n) is 3.49. The molecule has 1 saturated heterocycles. The molecule has 2 aliphatic rings. The lowest BCUT2D eigenvalue weighted by Gasteiger charge is -2.28. The van der Waals surface area contributed by atoms with Gasteiger partial charge in [-0.25, -0.2) is 0 Å². The van der Waals surface area contributed by atoms with Gasteiger partial charge in [0, 0.05) is 24.4 Å². The van der Waals surface area contributed by atoms with Crippen LogP contribution in [0.15, 0.2) is 0 Å². The molecular weight excluding hydrogens is 268 g/mol. The molecule has 3 atom stereocenters. The van der Waals surface area contributed by atoms with E-state index in [0.717, 1.165) is 13.1 Å². The Balaban J connectivity index is 1.83. The zero-order chi connectivity index (χ0) is 14.4. The van der Waals surface area contributed by atoms with E-state index in [4.69, 9.17) is 0 Å². The molecular formula is C16H30N2OS. The van der Waals surface area contributed by atoms with E-state index in [2.05, 4.69) is 35.8 Å². The van der Waals surface area contributed by atoms with Gasteiger partial charge in [-0.15, -0.1) is 0 Å². The monoisotopic (exact) mass is 298 g/mol. The molecule has 1 N–H and O–H groups in total. The summed E-state index contributed by atoms with van der Waals surface area (Å²) in [5.74, 6) is 1.50. The quantitative estimate of drug-likeness (QED) is 0.847. The van der Waals surface area contributed by atoms with Crippen molar-refractivity contribution in [1.82, 2.24) is 10.2 Å². The SMILES string of the molecule is CCSC1CCCC1NC(C)C(=O)N1CCCCCC1. The molecule has 0 radical (unpaired) electrons. The van der Waals surface area contributed by atoms with Gasteiger partial charge >= 0.3 is 0 Å². The predicted octanol–water partition coefficient (Wildman–Crippen LogP) is 3.04. The maximum Gasteiger partial charge on any atom is 0.239 e. The topological polar surface area (TPSA) is 32.3 Å². The number of hydrogen-bond donors (Lipinski definition) is 1. The summed E-state index contributed by atoms with van der Waals surface area (Å²) in [7, 11) is 0. The zero-order valence-corrected chi connectivity index (χ0v) is 13.9. The van der Waals surface area contributed by atoms with Crippen LogP contribution in [0, 0.1) is 0 Å². The van der Waals surface area contributed by atoms with Crippen LogP contribution in [0.3, 0.4) is 0 Å². The molecule has 1 aliphatic carbocycles. The Morgan fingerprint density at radius 2 is 1.90 bits per heavy atom. The number of thioether (sulfide) groups is 1. The zero-order valence-electron chi connectivity index (χ0n) is 13.1. The molecule has 1 aliphatic heterocycles. The number of rotatable bonds is 5. The van der Waals surface area contributed by atoms with Crippen molar-refractivity contribution in [1.29, 1.82) is 0 Å². The van der Waals surface area contributed by atoms with E-state index in [1.807, 2.05) is 0 Å². The number of likely N-dealkylation sites (tertiary alicyclic amines) is 1. The standard InChI is InChI=1S/C16H30N2OS/c1-3-20-15-10-8-9-14(15)17-13(2)16(19)18-11-6-4-5-7-12-18/h13-15,17H,3-12H2,1-2H3. The Morgan fingerprint density at radius 1 is 1.20 bits per heavy atom. The Bertz CT molecular complexity index is 303. The highest BCUT2D eigenvalue weighted by atomic mass is 32.2. The Labute approximate surface area is 128 Å². The van der Waals surface area contributed by atoms with Crippen molar-refractivity contribution >= 4 is 17.7 Å². The summed E-state index contributed by atoms with van der Waals surface area (Å²) in [4.78, 5) is 14.6. The molecule has 0 spiro atoms. The number of nitrogens with zero attached hydrogens (tertiary/aromatic N) is 1. The van der Waals surface area contributed by atoms with Gasteiger partial charge < -0.3 is 10.2 Å². The fourth-order valence-corrected chi connectivity index (χ4v) is 4.70. The average molecular weight is 298 g/mol. The van der Waals surface area contributed by atoms with Gasteiger partial charge in [-0.1, -0.05) is 26.2 Å². The van der Waals surface area contributed by atoms with Crippen molar-refractivity contribution < 1.29 is 4.79 Å². The van der Waals surface area contributed by atoms with Gasteiger partial charge in [0.25, 0.3) is 0 Å². The molecule has 1 saturated carbocycles. The largest absolute Gasteiger partial charge is 0.341 e. The molecule has 116 valence electrons. The van der Waals surface area contributed by atoms with Crippen LogP contribution in [-0.2, 0) is 4.79 Å². The van der Waals surface area contributed by atoms with Gasteiger partial charge in [-0.05, 0) is 38.4 Å². The lowest BCUT2D eigenvalue weighted by molar-refractivity contribution is -0.133. The molecule has 2 fully saturated rings. The van der Waals surface area contributed by atoms with Gasteiger partial charge in [-0.2, -0.15) is 11.8 Å². The molecule has 2 rings (SSSR count). The normalized spacial score (nSPS) is 29.2. The van der Waals surface area contributed by atoms with Crippen LogP contribution in [0.4, 0.5) is 0 Å². The lowest BCUT2D eigenvalue weighted by Crippen LogP contribution is -2.50. The van der Waals surface area contributed by atoms with Crippen LogP contribution >= 0.6 is 11.8 Å². The Kier molecular flexibility index (Phi) is 6.69. The second kappa shape index (κ2) is 8.28. The predicted molar refractivity (Wildman–Crippen MR) is 87.2 cm³/mol. The number of hydrogen-bond acceptors (Lipinski definition) is 3. The second-order valence-electron chi connectivity index (χ2n) is 6.16. The van der Waals surface area contributed by atoms with Crippen molar-refractivity contribution in [2.24, 2.45) is 0 Å². The highest BCUT2D eigenvalue weighted by molar-refractivity contribution is 7.99. The maximum atomic E-state index is 12.6. The molecule has 3 unspecified atom stereocenters. The maximum absolute atomic E-state index is 12.6. The Hall–Kier alpha value is -0.220. The summed E-state index contributed by atoms with van der Waals surface area (Å²) >= 11 is 2.05. The summed E-state index contributed by atoms with van der Waals surface area (Å²) in [6, 6.07) is 0.516. The first-order chi connectivity index (χ1) is 9.72. The number of amides is 1. The molecule has 0 aromatic heterocycles. The molecule has 0 aromatic carbocycles. The van der Waals surface area contributed by atoms with Crippen molar-refractivity contribution in [3.63, 3.8) is 0 Å². The summed E-state index contributed by atoms with van der Waals surface area (Å²) < 4.78 is 0. The molecule has 20 heavy (non-hydrogen) atoms. The molecule has 4 heteroatoms. The third-order valence-corrected chi connectivity index (χ3v) is 5.91. The third-order valence-electron chi connectivity index (χ3n) is 4.59. The minimum atomic E-state index is -0.0174. The van der Waals surface area contributed by atoms with E-state index in [-0.39, 0.29) is 6.04 Å². The molecule has 1 heterocycles. The summed E-state index contributed by atoms with van der Waals surface area (Å²) in [6.45, 7) is 6.20. The van der Waals surface area contributed by atoms with Crippen LogP contribution in [-0.4, -0.2) is 47.0 Å². The van der Waals surface area contributed by atoms with Crippen molar-refractivity contribution in [2.75, 3.05) is 18.8 Å². The first kappa shape index (κ1) is 16.2. The van der Waals surface area contributed by atoms with Crippen molar-refractivity contribution in [2.45, 2.75) is 76.1 Å². The first-order valence-electron chi connectivity index (χ1n) is 8.38. The smallest absolute Gasteiger partial charge is 0.239 e. The highest BCUT2D eigenvalue weighted by Gasteiger charge is 2.30. The second-order valence-corrected chi connectivity index (χ2v) is 7.68. The van der Waals surface area contributed by atoms with Crippen molar-refractivity contribution in [3.8, 4) is 0 Å². The summed E-state index contributed by atoms with van der Waals surface area (Å²) in [5.41, 5.74) is 0. The van der Waals surface area contributed by atoms with Gasteiger partial charge in [0.2, 0.25) is 5.91 Å². The van der Waals surface area contributed by atoms with Crippen LogP contribution in [0.25, 0.3) is 0 Å². The minimum absolute atomic E-state index is 0.0174. The van der Waals surface area contributed by atoms with Crippen LogP contribution in [0.1, 0.15) is 58.8 Å². The van der Waals surface area contributed by atoms with Crippen LogP contribution < -0.4 is 5.32 Å². The number of carbonyl (C=O) groups excluding carboxylic acids is 1. The van der Waals surface area contributed by atoms with Gasteiger partial charge in [-0.3, -0.25) is 4.79 Å². The molecule has 3 nitrogen and oxygen atoms in total. The van der Waals surface area contributed by atoms with Gasteiger partial charge in [0.1, 0.15) is 0 Å². The molecule has 0 bridgehead atoms. The van der Waals surface area contributed by atoms with Crippen LogP contribution in [0.5, 0.6) is 0 Å². The van der Waals surface area contributed by atoms with E-state index >= 15 is 0 Å². The number of carbonyl (C=O) groups is 1. The van der Waals surface area contributed by atoms with E-state index in [9.17, 15) is 4.79 Å². The summed E-state index contributed by atoms with van der Waals surface area (Å²) in [6.07, 6.45) is 8.76. The highest BCUT2D eigenvalue weighted by Crippen LogP contribution is 2.30. The van der Waals surface area contributed by atoms with Crippen molar-refractivity contribution in [3.05, 3.63) is 0 Å². The van der Waals surface area contributed by atoms with E-state index < -0.39 is 0 Å². The van der Waals surface area contributed by atoms with Gasteiger partial charge in [0.15, 0.2) is 0 Å². The number of nitrogens with one attached hydrogen (secondary N) is 1. The third kappa shape index (κ3) is 4.39. The Morgan fingerprint density at radius 3 is 2.55 bits per heavy atom. The summed E-state index contributed by atoms with van der Waals surface area (Å²) in [5, 5.41) is 4.33. The van der Waals surface area contributed by atoms with Gasteiger partial charge in [0.05, 0.1) is 6.04 Å². The van der Waals surface area contributed by atoms with E-state index in [1.54, 1.807) is 0 Å². The van der Waals surface area contributed by atoms with E-state index in [0.29, 0.717) is 17.2 Å². The first-order valence-corrected chi connectivity index (χ1v) is 9.43. The lowest BCUT2D eigenvalue weighted by atomic mass is 10.2. The molecule has 1 amide bonds. The van der Waals surface area contributed by atoms with Crippen LogP contribution in [0.2, 0.25) is 0 Å². The fraction of sp³-hybridized carbons (Fsp3) is 0.938. The minimum Gasteiger partial charge on any atom is -0.341 e. The molecule has 0 aromatic rings. The average Bonchev–Trinajstić information content (AvgIpc) is 2.72. The van der Waals surface area contributed by atoms with E-state index in [1.165, 1.54) is 50.7 Å².